The topological polar surface area (TPSA) is 36.3 Å². The second-order valence-electron chi connectivity index (χ2n) is 11.6. The first kappa shape index (κ1) is 28.1. The Kier molecular flexibility index (Phi) is 7.09. The van der Waals surface area contributed by atoms with Crippen LogP contribution >= 0.6 is 0 Å². The molecule has 222 valence electrons. The lowest BCUT2D eigenvalue weighted by Gasteiger charge is -2.37. The lowest BCUT2D eigenvalue weighted by Crippen LogP contribution is -2.31. The van der Waals surface area contributed by atoms with E-state index in [-0.39, 0.29) is 0 Å². The molecule has 1 aliphatic heterocycles. The van der Waals surface area contributed by atoms with E-state index in [9.17, 15) is 5.26 Å². The van der Waals surface area contributed by atoms with Gasteiger partial charge in [-0.2, -0.15) is 5.26 Å². The number of para-hydroxylation sites is 4. The molecule has 8 rings (SSSR count). The monoisotopic (exact) mass is 602 g/mol. The molecule has 1 aliphatic rings. The molecule has 0 unspecified atom stereocenters. The van der Waals surface area contributed by atoms with E-state index in [0.717, 1.165) is 50.8 Å². The van der Waals surface area contributed by atoms with Crippen LogP contribution in [0, 0.1) is 11.3 Å². The van der Waals surface area contributed by atoms with Crippen LogP contribution in [0.4, 0.5) is 17.1 Å². The van der Waals surface area contributed by atoms with E-state index in [0.29, 0.717) is 5.56 Å². The molecular weight excluding hydrogens is 572 g/mol. The van der Waals surface area contributed by atoms with Crippen LogP contribution in [0.15, 0.2) is 182 Å². The highest BCUT2D eigenvalue weighted by molar-refractivity contribution is 5.86. The Labute approximate surface area is 275 Å². The van der Waals surface area contributed by atoms with E-state index >= 15 is 0 Å². The molecular formula is C44H30N2O. The lowest BCUT2D eigenvalue weighted by molar-refractivity contribution is 0.477. The summed E-state index contributed by atoms with van der Waals surface area (Å²) in [5.74, 6) is 1.66. The van der Waals surface area contributed by atoms with Gasteiger partial charge in [-0.05, 0) is 75.8 Å². The molecule has 0 atom stereocenters. The lowest BCUT2D eigenvalue weighted by atomic mass is 9.65. The zero-order valence-electron chi connectivity index (χ0n) is 25.6. The van der Waals surface area contributed by atoms with Gasteiger partial charge in [0.1, 0.15) is 0 Å². The number of nitriles is 1. The molecule has 0 spiro atoms. The maximum atomic E-state index is 9.77. The van der Waals surface area contributed by atoms with Crippen molar-refractivity contribution in [3.63, 3.8) is 0 Å². The van der Waals surface area contributed by atoms with Crippen LogP contribution in [0.2, 0.25) is 0 Å². The minimum absolute atomic E-state index is 0.602. The average Bonchev–Trinajstić information content (AvgIpc) is 3.15. The maximum absolute atomic E-state index is 9.77. The molecule has 0 bridgehead atoms. The van der Waals surface area contributed by atoms with Gasteiger partial charge in [-0.25, -0.2) is 0 Å². The summed E-state index contributed by atoms with van der Waals surface area (Å²) in [6, 6.07) is 65.6. The Hall–Kier alpha value is -6.37. The summed E-state index contributed by atoms with van der Waals surface area (Å²) < 4.78 is 6.28. The second-order valence-corrected chi connectivity index (χ2v) is 11.6. The fourth-order valence-electron chi connectivity index (χ4n) is 6.95. The highest BCUT2D eigenvalue weighted by Crippen LogP contribution is 2.51. The van der Waals surface area contributed by atoms with Crippen molar-refractivity contribution in [1.29, 1.82) is 5.26 Å². The average molecular weight is 603 g/mol. The first-order chi connectivity index (χ1) is 23.3. The molecule has 0 saturated heterocycles. The van der Waals surface area contributed by atoms with Crippen molar-refractivity contribution in [2.75, 3.05) is 4.90 Å². The van der Waals surface area contributed by atoms with Crippen molar-refractivity contribution in [3.05, 3.63) is 210 Å². The van der Waals surface area contributed by atoms with Crippen LogP contribution in [0.5, 0.6) is 11.5 Å². The molecule has 7 aromatic carbocycles. The fourth-order valence-corrected chi connectivity index (χ4v) is 6.95. The van der Waals surface area contributed by atoms with Gasteiger partial charge in [0, 0.05) is 5.69 Å². The summed E-state index contributed by atoms with van der Waals surface area (Å²) >= 11 is 0. The first-order valence-corrected chi connectivity index (χ1v) is 15.7. The normalized spacial score (nSPS) is 11.9. The van der Waals surface area contributed by atoms with Gasteiger partial charge in [0.2, 0.25) is 0 Å². The summed E-state index contributed by atoms with van der Waals surface area (Å²) in [7, 11) is 0. The Balaban J connectivity index is 1.32. The Morgan fingerprint density at radius 1 is 0.447 bits per heavy atom. The van der Waals surface area contributed by atoms with Crippen molar-refractivity contribution in [2.24, 2.45) is 0 Å². The number of fused-ring (bicyclic) bond motifs is 2. The smallest absolute Gasteiger partial charge is 0.151 e. The third-order valence-corrected chi connectivity index (χ3v) is 9.08. The van der Waals surface area contributed by atoms with E-state index in [1.165, 1.54) is 11.1 Å². The second kappa shape index (κ2) is 11.9. The van der Waals surface area contributed by atoms with E-state index in [1.807, 2.05) is 60.7 Å². The van der Waals surface area contributed by atoms with Gasteiger partial charge in [0.15, 0.2) is 11.5 Å². The Morgan fingerprint density at radius 2 is 0.894 bits per heavy atom. The molecule has 1 heterocycles. The number of nitrogens with zero attached hydrogens (tertiary/aromatic N) is 2. The fraction of sp³-hybridized carbons (Fsp3) is 0.0227. The van der Waals surface area contributed by atoms with Gasteiger partial charge in [-0.15, -0.1) is 0 Å². The van der Waals surface area contributed by atoms with Crippen molar-refractivity contribution in [3.8, 4) is 28.7 Å². The number of hydrogen-bond acceptors (Lipinski definition) is 3. The van der Waals surface area contributed by atoms with E-state index in [4.69, 9.17) is 4.74 Å². The third-order valence-electron chi connectivity index (χ3n) is 9.08. The Bertz CT molecular complexity index is 2130. The van der Waals surface area contributed by atoms with Gasteiger partial charge >= 0.3 is 0 Å². The molecule has 3 heteroatoms. The zero-order chi connectivity index (χ0) is 31.6. The predicted molar refractivity (Wildman–Crippen MR) is 190 cm³/mol. The number of hydrogen-bond donors (Lipinski definition) is 0. The molecule has 0 amide bonds. The number of anilines is 3. The molecule has 0 radical (unpaired) electrons. The number of benzene rings is 7. The standard InChI is InChI=1S/C44H30N2O/c45-31-33-13-7-8-18-39(33)32-23-25-36(26-24-32)44(34-14-3-1-4-15-34,35-16-5-2-6-17-35)37-27-29-38(30-28-37)46-40-19-9-11-21-42(40)47-43-22-12-10-20-41(43)46/h1-30H. The van der Waals surface area contributed by atoms with Gasteiger partial charge in [0.05, 0.1) is 28.4 Å². The van der Waals surface area contributed by atoms with E-state index in [1.54, 1.807) is 0 Å². The van der Waals surface area contributed by atoms with E-state index < -0.39 is 5.41 Å². The summed E-state index contributed by atoms with van der Waals surface area (Å²) in [5, 5.41) is 9.77. The SMILES string of the molecule is N#Cc1ccccc1-c1ccc(C(c2ccccc2)(c2ccccc2)c2ccc(N3c4ccccc4Oc4ccccc43)cc2)cc1. The molecule has 0 aromatic heterocycles. The zero-order valence-corrected chi connectivity index (χ0v) is 25.6. The predicted octanol–water partition coefficient (Wildman–Crippen LogP) is 11.2. The van der Waals surface area contributed by atoms with Crippen LogP contribution < -0.4 is 9.64 Å². The van der Waals surface area contributed by atoms with Gasteiger partial charge < -0.3 is 9.64 Å². The van der Waals surface area contributed by atoms with Crippen molar-refractivity contribution >= 4 is 17.1 Å². The Morgan fingerprint density at radius 3 is 1.45 bits per heavy atom. The van der Waals surface area contributed by atoms with Crippen molar-refractivity contribution < 1.29 is 4.74 Å². The van der Waals surface area contributed by atoms with E-state index in [2.05, 4.69) is 132 Å². The summed E-state index contributed by atoms with van der Waals surface area (Å²) in [6.45, 7) is 0. The van der Waals surface area contributed by atoms with Gasteiger partial charge in [-0.3, -0.25) is 0 Å². The molecule has 0 saturated carbocycles. The van der Waals surface area contributed by atoms with Crippen LogP contribution in [-0.4, -0.2) is 0 Å². The minimum Gasteiger partial charge on any atom is -0.453 e. The maximum Gasteiger partial charge on any atom is 0.151 e. The van der Waals surface area contributed by atoms with Gasteiger partial charge in [0.25, 0.3) is 0 Å². The van der Waals surface area contributed by atoms with Crippen LogP contribution in [0.1, 0.15) is 27.8 Å². The molecule has 7 aromatic rings. The molecule has 47 heavy (non-hydrogen) atoms. The van der Waals surface area contributed by atoms with Crippen molar-refractivity contribution in [2.45, 2.75) is 5.41 Å². The highest BCUT2D eigenvalue weighted by atomic mass is 16.5. The summed E-state index contributed by atoms with van der Waals surface area (Å²) in [5.41, 5.74) is 9.71. The van der Waals surface area contributed by atoms with Crippen LogP contribution in [0.3, 0.4) is 0 Å². The van der Waals surface area contributed by atoms with Gasteiger partial charge in [-0.1, -0.05) is 140 Å². The van der Waals surface area contributed by atoms with Crippen LogP contribution in [0.25, 0.3) is 11.1 Å². The summed E-state index contributed by atoms with van der Waals surface area (Å²) in [4.78, 5) is 2.27. The quantitative estimate of drug-likeness (QED) is 0.178. The summed E-state index contributed by atoms with van der Waals surface area (Å²) in [6.07, 6.45) is 0. The molecule has 3 nitrogen and oxygen atoms in total. The minimum atomic E-state index is -0.602. The molecule has 0 N–H and O–H groups in total. The van der Waals surface area contributed by atoms with Crippen molar-refractivity contribution in [1.82, 2.24) is 0 Å². The number of ether oxygens (including phenoxy) is 1. The highest BCUT2D eigenvalue weighted by Gasteiger charge is 2.38. The largest absolute Gasteiger partial charge is 0.453 e. The third kappa shape index (κ3) is 4.76. The first-order valence-electron chi connectivity index (χ1n) is 15.7. The molecule has 0 aliphatic carbocycles. The molecule has 0 fully saturated rings. The number of rotatable bonds is 6. The van der Waals surface area contributed by atoms with Crippen LogP contribution in [-0.2, 0) is 5.41 Å².